The van der Waals surface area contributed by atoms with E-state index in [4.69, 9.17) is 9.47 Å². The first-order valence-electron chi connectivity index (χ1n) is 12.7. The lowest BCUT2D eigenvalue weighted by Crippen LogP contribution is -2.24. The van der Waals surface area contributed by atoms with E-state index in [0.29, 0.717) is 45.3 Å². The maximum absolute atomic E-state index is 12.3. The number of rotatable bonds is 6. The molecule has 0 saturated carbocycles. The molecule has 0 radical (unpaired) electrons. The van der Waals surface area contributed by atoms with Gasteiger partial charge >= 0.3 is 0 Å². The van der Waals surface area contributed by atoms with Crippen molar-refractivity contribution in [2.75, 3.05) is 14.1 Å². The van der Waals surface area contributed by atoms with Crippen molar-refractivity contribution in [1.29, 1.82) is 0 Å². The number of carbonyl (C=O) groups excluding carboxylic acids is 4. The first kappa shape index (κ1) is 25.1. The molecular formula is C32H24N2O6. The summed E-state index contributed by atoms with van der Waals surface area (Å²) in [6.45, 7) is 2.10. The van der Waals surface area contributed by atoms with Crippen LogP contribution in [0.2, 0.25) is 0 Å². The van der Waals surface area contributed by atoms with Crippen molar-refractivity contribution in [2.45, 2.75) is 12.8 Å². The molecule has 6 rings (SSSR count). The Labute approximate surface area is 230 Å². The lowest BCUT2D eigenvalue weighted by molar-refractivity contribution is 0.0677. The summed E-state index contributed by atoms with van der Waals surface area (Å²) >= 11 is 0. The summed E-state index contributed by atoms with van der Waals surface area (Å²) in [7, 11) is 2.93. The van der Waals surface area contributed by atoms with Gasteiger partial charge in [-0.3, -0.25) is 29.0 Å². The summed E-state index contributed by atoms with van der Waals surface area (Å²) in [5.74, 6) is 1.01. The second kappa shape index (κ2) is 9.50. The number of carbonyl (C=O) groups is 4. The van der Waals surface area contributed by atoms with Gasteiger partial charge in [0.1, 0.15) is 23.0 Å². The highest BCUT2D eigenvalue weighted by molar-refractivity contribution is 6.22. The fraction of sp³-hybridized carbons (Fsp3) is 0.125. The molecule has 198 valence electrons. The predicted octanol–water partition coefficient (Wildman–Crippen LogP) is 5.87. The van der Waals surface area contributed by atoms with Gasteiger partial charge in [0, 0.05) is 20.0 Å². The number of imide groups is 2. The van der Waals surface area contributed by atoms with Crippen LogP contribution in [0, 0.1) is 0 Å². The molecule has 8 nitrogen and oxygen atoms in total. The lowest BCUT2D eigenvalue weighted by atomic mass is 9.93. The van der Waals surface area contributed by atoms with Crippen LogP contribution in [0.25, 0.3) is 0 Å². The van der Waals surface area contributed by atoms with E-state index in [1.165, 1.54) is 14.1 Å². The zero-order valence-corrected chi connectivity index (χ0v) is 22.0. The predicted molar refractivity (Wildman–Crippen MR) is 146 cm³/mol. The second-order valence-electron chi connectivity index (χ2n) is 9.82. The third-order valence-electron chi connectivity index (χ3n) is 7.35. The van der Waals surface area contributed by atoms with E-state index >= 15 is 0 Å². The molecule has 40 heavy (non-hydrogen) atoms. The summed E-state index contributed by atoms with van der Waals surface area (Å²) < 4.78 is 11.9. The molecular weight excluding hydrogens is 508 g/mol. The zero-order chi connectivity index (χ0) is 28.1. The highest BCUT2D eigenvalue weighted by Gasteiger charge is 2.34. The van der Waals surface area contributed by atoms with Crippen LogP contribution in [-0.4, -0.2) is 47.5 Å². The van der Waals surface area contributed by atoms with Gasteiger partial charge in [0.15, 0.2) is 0 Å². The largest absolute Gasteiger partial charge is 0.457 e. The third kappa shape index (κ3) is 4.19. The fourth-order valence-electron chi connectivity index (χ4n) is 4.92. The van der Waals surface area contributed by atoms with Crippen LogP contribution < -0.4 is 9.47 Å². The normalized spacial score (nSPS) is 14.2. The van der Waals surface area contributed by atoms with Crippen molar-refractivity contribution in [3.8, 4) is 23.0 Å². The number of ether oxygens (including phenoxy) is 2. The average molecular weight is 533 g/mol. The molecule has 0 unspecified atom stereocenters. The molecule has 0 N–H and O–H groups in total. The molecule has 8 heteroatoms. The smallest absolute Gasteiger partial charge is 0.261 e. The number of amides is 4. The monoisotopic (exact) mass is 532 g/mol. The standard InChI is InChI=1S/C32H24N2O6/c1-18(19-4-8-21(9-5-19)39-23-12-14-25-27(16-23)31(37)33(2)29(25)35)20-6-10-22(11-7-20)40-24-13-15-26-28(17-24)32(38)34(3)30(26)36/h4-18H,1-3H3. The van der Waals surface area contributed by atoms with Crippen molar-refractivity contribution in [3.05, 3.63) is 118 Å². The number of benzene rings is 4. The Morgan fingerprint density at radius 1 is 0.475 bits per heavy atom. The maximum Gasteiger partial charge on any atom is 0.261 e. The minimum atomic E-state index is -0.335. The van der Waals surface area contributed by atoms with Gasteiger partial charge in [0.05, 0.1) is 22.3 Å². The number of fused-ring (bicyclic) bond motifs is 2. The van der Waals surface area contributed by atoms with Gasteiger partial charge < -0.3 is 9.47 Å². The Hall–Kier alpha value is -5.24. The Morgan fingerprint density at radius 2 is 0.800 bits per heavy atom. The van der Waals surface area contributed by atoms with Crippen molar-refractivity contribution in [2.24, 2.45) is 0 Å². The highest BCUT2D eigenvalue weighted by Crippen LogP contribution is 2.33. The van der Waals surface area contributed by atoms with E-state index in [9.17, 15) is 19.2 Å². The SMILES string of the molecule is CC(c1ccc(Oc2ccc3c(c2)C(=O)N(C)C3=O)cc1)c1ccc(Oc2ccc3c(c2)C(=O)N(C)C3=O)cc1. The molecule has 2 aliphatic rings. The van der Waals surface area contributed by atoms with Crippen LogP contribution in [0.15, 0.2) is 84.9 Å². The van der Waals surface area contributed by atoms with Crippen molar-refractivity contribution in [3.63, 3.8) is 0 Å². The second-order valence-corrected chi connectivity index (χ2v) is 9.82. The Balaban J connectivity index is 1.12. The van der Waals surface area contributed by atoms with Gasteiger partial charge in [-0.15, -0.1) is 0 Å². The van der Waals surface area contributed by atoms with Crippen molar-refractivity contribution < 1.29 is 28.7 Å². The number of hydrogen-bond acceptors (Lipinski definition) is 6. The number of hydrogen-bond donors (Lipinski definition) is 0. The quantitative estimate of drug-likeness (QED) is 0.288. The molecule has 0 atom stereocenters. The van der Waals surface area contributed by atoms with Gasteiger partial charge in [-0.2, -0.15) is 0 Å². The molecule has 4 amide bonds. The van der Waals surface area contributed by atoms with E-state index in [-0.39, 0.29) is 29.5 Å². The molecule has 4 aromatic rings. The van der Waals surface area contributed by atoms with Crippen LogP contribution in [0.1, 0.15) is 65.4 Å². The number of nitrogens with zero attached hydrogens (tertiary/aromatic N) is 2. The highest BCUT2D eigenvalue weighted by atomic mass is 16.5. The first-order chi connectivity index (χ1) is 19.2. The van der Waals surface area contributed by atoms with Gasteiger partial charge in [-0.1, -0.05) is 31.2 Å². The Kier molecular flexibility index (Phi) is 5.95. The molecule has 0 bridgehead atoms. The van der Waals surface area contributed by atoms with E-state index in [1.54, 1.807) is 36.4 Å². The summed E-state index contributed by atoms with van der Waals surface area (Å²) in [5.41, 5.74) is 3.62. The van der Waals surface area contributed by atoms with Crippen molar-refractivity contribution in [1.82, 2.24) is 9.80 Å². The third-order valence-corrected chi connectivity index (χ3v) is 7.35. The van der Waals surface area contributed by atoms with E-state index < -0.39 is 0 Å². The topological polar surface area (TPSA) is 93.2 Å². The summed E-state index contributed by atoms with van der Waals surface area (Å²) in [6.07, 6.45) is 0. The van der Waals surface area contributed by atoms with E-state index in [0.717, 1.165) is 20.9 Å². The molecule has 0 fully saturated rings. The minimum Gasteiger partial charge on any atom is -0.457 e. The average Bonchev–Trinajstić information content (AvgIpc) is 3.32. The first-order valence-corrected chi connectivity index (χ1v) is 12.7. The van der Waals surface area contributed by atoms with Crippen LogP contribution in [0.3, 0.4) is 0 Å². The summed E-state index contributed by atoms with van der Waals surface area (Å²) in [5, 5.41) is 0. The molecule has 0 saturated heterocycles. The van der Waals surface area contributed by atoms with E-state index in [1.807, 2.05) is 48.5 Å². The zero-order valence-electron chi connectivity index (χ0n) is 22.0. The van der Waals surface area contributed by atoms with Crippen LogP contribution in [0.4, 0.5) is 0 Å². The van der Waals surface area contributed by atoms with E-state index in [2.05, 4.69) is 6.92 Å². The lowest BCUT2D eigenvalue weighted by Gasteiger charge is -2.14. The van der Waals surface area contributed by atoms with Gasteiger partial charge in [0.2, 0.25) is 0 Å². The molecule has 4 aromatic carbocycles. The Bertz CT molecular complexity index is 1580. The van der Waals surface area contributed by atoms with Gasteiger partial charge in [-0.05, 0) is 71.8 Å². The van der Waals surface area contributed by atoms with Crippen LogP contribution in [-0.2, 0) is 0 Å². The van der Waals surface area contributed by atoms with Gasteiger partial charge in [0.25, 0.3) is 23.6 Å². The molecule has 0 aromatic heterocycles. The molecule has 0 aliphatic carbocycles. The minimum absolute atomic E-state index is 0.0985. The molecule has 0 spiro atoms. The summed E-state index contributed by atoms with van der Waals surface area (Å²) in [6, 6.07) is 25.2. The van der Waals surface area contributed by atoms with Crippen LogP contribution in [0.5, 0.6) is 23.0 Å². The van der Waals surface area contributed by atoms with Crippen molar-refractivity contribution >= 4 is 23.6 Å². The van der Waals surface area contributed by atoms with Crippen LogP contribution >= 0.6 is 0 Å². The molecule has 2 aliphatic heterocycles. The fourth-order valence-corrected chi connectivity index (χ4v) is 4.92. The Morgan fingerprint density at radius 3 is 1.18 bits per heavy atom. The summed E-state index contributed by atoms with van der Waals surface area (Å²) in [4.78, 5) is 50.9. The molecule has 2 heterocycles. The van der Waals surface area contributed by atoms with Gasteiger partial charge in [-0.25, -0.2) is 0 Å². The maximum atomic E-state index is 12.3.